The van der Waals surface area contributed by atoms with Crippen LogP contribution in [0.25, 0.3) is 6.08 Å². The summed E-state index contributed by atoms with van der Waals surface area (Å²) in [4.78, 5) is 45.9. The molecule has 0 saturated carbocycles. The van der Waals surface area contributed by atoms with Gasteiger partial charge in [-0.05, 0) is 29.5 Å². The molecule has 2 aliphatic rings. The Hall–Kier alpha value is -3.99. The van der Waals surface area contributed by atoms with Crippen LogP contribution < -0.4 is 19.9 Å². The Labute approximate surface area is 200 Å². The number of carbonyl (C=O) groups excluding carboxylic acids is 2. The second-order valence-electron chi connectivity index (χ2n) is 7.58. The molecule has 2 aliphatic heterocycles. The monoisotopic (exact) mass is 475 g/mol. The Balaban J connectivity index is 1.37. The molecule has 0 spiro atoms. The van der Waals surface area contributed by atoms with Crippen LogP contribution in [-0.2, 0) is 11.4 Å². The molecule has 0 atom stereocenters. The van der Waals surface area contributed by atoms with Crippen molar-refractivity contribution in [3.63, 3.8) is 0 Å². The molecule has 3 aromatic rings. The minimum atomic E-state index is -0.432. The number of imide groups is 1. The molecule has 0 radical (unpaired) electrons. The van der Waals surface area contributed by atoms with Crippen molar-refractivity contribution in [2.75, 3.05) is 36.0 Å². The van der Waals surface area contributed by atoms with Gasteiger partial charge in [-0.15, -0.1) is 0 Å². The Morgan fingerprint density at radius 2 is 1.65 bits per heavy atom. The van der Waals surface area contributed by atoms with Gasteiger partial charge in [-0.25, -0.2) is 15.0 Å². The standard InChI is InChI=1S/C23H21N7O3S/c31-20-18(34-23(32)28-20)13-17-14-19(33-15-16-5-2-1-3-6-16)27-22(26-17)30-11-9-29(10-12-30)21-24-7-4-8-25-21/h1-8,13-14H,9-12,15H2,(H,28,31,32). The number of carbonyl (C=O) groups is 2. The maximum Gasteiger partial charge on any atom is 0.290 e. The molecule has 11 heteroatoms. The molecule has 2 saturated heterocycles. The molecule has 34 heavy (non-hydrogen) atoms. The zero-order valence-electron chi connectivity index (χ0n) is 18.1. The summed E-state index contributed by atoms with van der Waals surface area (Å²) in [6.07, 6.45) is 5.04. The van der Waals surface area contributed by atoms with Gasteiger partial charge in [-0.1, -0.05) is 30.3 Å². The van der Waals surface area contributed by atoms with Gasteiger partial charge in [0.1, 0.15) is 6.61 Å². The molecular weight excluding hydrogens is 454 g/mol. The lowest BCUT2D eigenvalue weighted by atomic mass is 10.2. The van der Waals surface area contributed by atoms with Crippen LogP contribution >= 0.6 is 11.8 Å². The number of nitrogens with zero attached hydrogens (tertiary/aromatic N) is 6. The third kappa shape index (κ3) is 5.15. The third-order valence-corrected chi connectivity index (χ3v) is 6.07. The molecule has 0 bridgehead atoms. The average Bonchev–Trinajstić information content (AvgIpc) is 3.20. The number of hydrogen-bond acceptors (Lipinski definition) is 10. The number of rotatable bonds is 6. The Morgan fingerprint density at radius 1 is 0.941 bits per heavy atom. The van der Waals surface area contributed by atoms with E-state index in [4.69, 9.17) is 4.74 Å². The molecule has 0 aliphatic carbocycles. The number of anilines is 2. The van der Waals surface area contributed by atoms with E-state index in [0.29, 0.717) is 56.3 Å². The zero-order valence-corrected chi connectivity index (χ0v) is 18.9. The molecule has 2 fully saturated rings. The fourth-order valence-electron chi connectivity index (χ4n) is 3.57. The van der Waals surface area contributed by atoms with Crippen molar-refractivity contribution in [1.29, 1.82) is 0 Å². The van der Waals surface area contributed by atoms with Crippen LogP contribution in [0.15, 0.2) is 59.8 Å². The number of nitrogens with one attached hydrogen (secondary N) is 1. The van der Waals surface area contributed by atoms with Crippen molar-refractivity contribution in [2.45, 2.75) is 6.61 Å². The first-order chi connectivity index (χ1) is 16.6. The SMILES string of the molecule is O=C1NC(=O)C(=Cc2cc(OCc3ccccc3)nc(N3CCN(c4ncccn4)CC3)n2)S1. The smallest absolute Gasteiger partial charge is 0.290 e. The van der Waals surface area contributed by atoms with Gasteiger partial charge in [0.2, 0.25) is 17.8 Å². The zero-order chi connectivity index (χ0) is 23.3. The van der Waals surface area contributed by atoms with Gasteiger partial charge in [0.25, 0.3) is 11.1 Å². The lowest BCUT2D eigenvalue weighted by Gasteiger charge is -2.34. The fraction of sp³-hybridized carbons (Fsp3) is 0.217. The number of piperazine rings is 1. The van der Waals surface area contributed by atoms with E-state index in [-0.39, 0.29) is 4.91 Å². The maximum absolute atomic E-state index is 12.0. The van der Waals surface area contributed by atoms with Gasteiger partial charge in [0.15, 0.2) is 0 Å². The van der Waals surface area contributed by atoms with Crippen LogP contribution in [0.4, 0.5) is 16.7 Å². The van der Waals surface area contributed by atoms with Crippen LogP contribution in [0.2, 0.25) is 0 Å². The summed E-state index contributed by atoms with van der Waals surface area (Å²) in [5.41, 5.74) is 1.50. The molecule has 0 unspecified atom stereocenters. The topological polar surface area (TPSA) is 113 Å². The van der Waals surface area contributed by atoms with E-state index < -0.39 is 11.1 Å². The first-order valence-electron chi connectivity index (χ1n) is 10.7. The van der Waals surface area contributed by atoms with Crippen LogP contribution in [0.1, 0.15) is 11.3 Å². The summed E-state index contributed by atoms with van der Waals surface area (Å²) in [6, 6.07) is 13.3. The number of amides is 2. The minimum Gasteiger partial charge on any atom is -0.473 e. The Bertz CT molecular complexity index is 1220. The van der Waals surface area contributed by atoms with Gasteiger partial charge in [-0.2, -0.15) is 4.98 Å². The van der Waals surface area contributed by atoms with Crippen LogP contribution in [0.5, 0.6) is 5.88 Å². The van der Waals surface area contributed by atoms with Crippen LogP contribution in [-0.4, -0.2) is 57.3 Å². The highest BCUT2D eigenvalue weighted by Crippen LogP contribution is 2.27. The summed E-state index contributed by atoms with van der Waals surface area (Å²) in [7, 11) is 0. The van der Waals surface area contributed by atoms with Crippen LogP contribution in [0.3, 0.4) is 0 Å². The van der Waals surface area contributed by atoms with E-state index in [9.17, 15) is 9.59 Å². The summed E-state index contributed by atoms with van der Waals surface area (Å²) >= 11 is 0.850. The second-order valence-corrected chi connectivity index (χ2v) is 8.60. The lowest BCUT2D eigenvalue weighted by molar-refractivity contribution is -0.115. The number of benzene rings is 1. The first kappa shape index (κ1) is 21.8. The van der Waals surface area contributed by atoms with Crippen molar-refractivity contribution >= 4 is 40.9 Å². The van der Waals surface area contributed by atoms with Gasteiger partial charge in [0, 0.05) is 44.6 Å². The van der Waals surface area contributed by atoms with Crippen molar-refractivity contribution < 1.29 is 14.3 Å². The number of hydrogen-bond donors (Lipinski definition) is 1. The predicted octanol–water partition coefficient (Wildman–Crippen LogP) is 2.50. The van der Waals surface area contributed by atoms with Gasteiger partial charge in [-0.3, -0.25) is 14.9 Å². The Kier molecular flexibility index (Phi) is 6.34. The van der Waals surface area contributed by atoms with E-state index in [1.54, 1.807) is 30.6 Å². The third-order valence-electron chi connectivity index (χ3n) is 5.26. The van der Waals surface area contributed by atoms with Crippen LogP contribution in [0, 0.1) is 0 Å². The first-order valence-corrected chi connectivity index (χ1v) is 11.5. The van der Waals surface area contributed by atoms with E-state index >= 15 is 0 Å². The fourth-order valence-corrected chi connectivity index (χ4v) is 4.23. The largest absolute Gasteiger partial charge is 0.473 e. The molecule has 2 aromatic heterocycles. The van der Waals surface area contributed by atoms with Crippen molar-refractivity contribution in [3.05, 3.63) is 71.0 Å². The van der Waals surface area contributed by atoms with E-state index in [2.05, 4.69) is 35.1 Å². The van der Waals surface area contributed by atoms with Crippen molar-refractivity contribution in [2.24, 2.45) is 0 Å². The van der Waals surface area contributed by atoms with Crippen molar-refractivity contribution in [3.8, 4) is 5.88 Å². The minimum absolute atomic E-state index is 0.287. The summed E-state index contributed by atoms with van der Waals surface area (Å²) in [6.45, 7) is 3.12. The normalized spacial score (nSPS) is 17.2. The molecular formula is C23H21N7O3S. The molecule has 10 nitrogen and oxygen atoms in total. The average molecular weight is 476 g/mol. The predicted molar refractivity (Wildman–Crippen MR) is 128 cm³/mol. The summed E-state index contributed by atoms with van der Waals surface area (Å²) < 4.78 is 5.96. The van der Waals surface area contributed by atoms with E-state index in [1.807, 2.05) is 30.3 Å². The van der Waals surface area contributed by atoms with Crippen molar-refractivity contribution in [1.82, 2.24) is 25.3 Å². The quantitative estimate of drug-likeness (QED) is 0.534. The molecule has 1 N–H and O–H groups in total. The number of thioether (sulfide) groups is 1. The number of aromatic nitrogens is 4. The maximum atomic E-state index is 12.0. The summed E-state index contributed by atoms with van der Waals surface area (Å²) in [5.74, 6) is 1.16. The lowest BCUT2D eigenvalue weighted by Crippen LogP contribution is -2.47. The highest BCUT2D eigenvalue weighted by atomic mass is 32.2. The molecule has 1 aromatic carbocycles. The number of ether oxygens (including phenoxy) is 1. The molecule has 5 rings (SSSR count). The van der Waals surface area contributed by atoms with Gasteiger partial charge in [0.05, 0.1) is 10.6 Å². The van der Waals surface area contributed by atoms with E-state index in [1.165, 1.54) is 0 Å². The molecule has 4 heterocycles. The Morgan fingerprint density at radius 3 is 2.32 bits per heavy atom. The van der Waals surface area contributed by atoms with Gasteiger partial charge < -0.3 is 14.5 Å². The summed E-state index contributed by atoms with van der Waals surface area (Å²) in [5, 5.41) is 1.86. The highest BCUT2D eigenvalue weighted by molar-refractivity contribution is 8.18. The molecule has 172 valence electrons. The highest BCUT2D eigenvalue weighted by Gasteiger charge is 2.26. The second kappa shape index (κ2) is 9.87. The van der Waals surface area contributed by atoms with E-state index in [0.717, 1.165) is 17.3 Å². The van der Waals surface area contributed by atoms with Gasteiger partial charge >= 0.3 is 0 Å². The molecule has 2 amide bonds.